The summed E-state index contributed by atoms with van der Waals surface area (Å²) in [5.41, 5.74) is 0. The molecule has 0 aromatic carbocycles. The molecule has 0 bridgehead atoms. The second-order valence-corrected chi connectivity index (χ2v) is 5.90. The van der Waals surface area contributed by atoms with Crippen LogP contribution in [-0.2, 0) is 9.53 Å². The van der Waals surface area contributed by atoms with Gasteiger partial charge in [0, 0.05) is 0 Å². The van der Waals surface area contributed by atoms with Crippen molar-refractivity contribution in [2.45, 2.75) is 96.8 Å². The van der Waals surface area contributed by atoms with E-state index in [1.165, 1.54) is 83.5 Å². The molecule has 0 aliphatic carbocycles. The second kappa shape index (κ2) is 19.2. The van der Waals surface area contributed by atoms with Gasteiger partial charge in [0.25, 0.3) is 6.47 Å². The summed E-state index contributed by atoms with van der Waals surface area (Å²) in [7, 11) is 0. The quantitative estimate of drug-likeness (QED) is 0.181. The molecular formula is C19H36O2. The molecule has 0 rings (SSSR count). The average molecular weight is 296 g/mol. The standard InChI is InChI=1S/C19H36O2/c1-2-3-4-5-6-7-8-9-10-11-12-13-14-15-16-17-18-21-19-20/h7-8,19H,2-6,9-18H2,1H3/b8-7-. The largest absolute Gasteiger partial charge is 0.468 e. The number of carbonyl (C=O) groups is 1. The molecule has 0 unspecified atom stereocenters. The van der Waals surface area contributed by atoms with Crippen molar-refractivity contribution in [3.8, 4) is 0 Å². The first-order valence-corrected chi connectivity index (χ1v) is 9.12. The Morgan fingerprint density at radius 2 is 1.14 bits per heavy atom. The summed E-state index contributed by atoms with van der Waals surface area (Å²) in [6, 6.07) is 0. The Kier molecular flexibility index (Phi) is 18.5. The van der Waals surface area contributed by atoms with E-state index in [2.05, 4.69) is 23.8 Å². The van der Waals surface area contributed by atoms with E-state index in [0.717, 1.165) is 6.42 Å². The summed E-state index contributed by atoms with van der Waals surface area (Å²) in [6.45, 7) is 3.39. The fourth-order valence-corrected chi connectivity index (χ4v) is 2.48. The predicted octanol–water partition coefficient (Wildman–Crippen LogP) is 6.20. The highest BCUT2D eigenvalue weighted by atomic mass is 16.5. The van der Waals surface area contributed by atoms with Gasteiger partial charge in [-0.2, -0.15) is 0 Å². The van der Waals surface area contributed by atoms with Crippen LogP contribution in [0.2, 0.25) is 0 Å². The van der Waals surface area contributed by atoms with Gasteiger partial charge in [-0.05, 0) is 32.1 Å². The minimum Gasteiger partial charge on any atom is -0.468 e. The van der Waals surface area contributed by atoms with E-state index in [1.54, 1.807) is 0 Å². The first kappa shape index (κ1) is 20.2. The zero-order chi connectivity index (χ0) is 15.4. The minimum absolute atomic E-state index is 0.541. The van der Waals surface area contributed by atoms with E-state index in [4.69, 9.17) is 0 Å². The van der Waals surface area contributed by atoms with Gasteiger partial charge in [0.15, 0.2) is 0 Å². The number of rotatable bonds is 17. The number of hydrogen-bond acceptors (Lipinski definition) is 2. The lowest BCUT2D eigenvalue weighted by molar-refractivity contribution is -0.128. The maximum absolute atomic E-state index is 9.94. The SMILES string of the molecule is CCCCCC/C=C\CCCCCCCCCCOC=O. The zero-order valence-electron chi connectivity index (χ0n) is 14.2. The zero-order valence-corrected chi connectivity index (χ0v) is 14.2. The molecule has 0 radical (unpaired) electrons. The van der Waals surface area contributed by atoms with Gasteiger partial charge in [-0.1, -0.05) is 76.9 Å². The Hall–Kier alpha value is -0.790. The van der Waals surface area contributed by atoms with E-state index in [-0.39, 0.29) is 0 Å². The summed E-state index contributed by atoms with van der Waals surface area (Å²) in [5, 5.41) is 0. The van der Waals surface area contributed by atoms with Gasteiger partial charge < -0.3 is 4.74 Å². The summed E-state index contributed by atoms with van der Waals surface area (Å²) in [4.78, 5) is 9.94. The van der Waals surface area contributed by atoms with Gasteiger partial charge in [-0.3, -0.25) is 4.79 Å². The Morgan fingerprint density at radius 3 is 1.67 bits per heavy atom. The van der Waals surface area contributed by atoms with Crippen molar-refractivity contribution >= 4 is 6.47 Å². The van der Waals surface area contributed by atoms with Crippen LogP contribution in [0.3, 0.4) is 0 Å². The van der Waals surface area contributed by atoms with Crippen LogP contribution in [-0.4, -0.2) is 13.1 Å². The molecule has 0 aromatic rings. The third-order valence-electron chi connectivity index (χ3n) is 3.84. The Labute approximate surface area is 132 Å². The summed E-state index contributed by atoms with van der Waals surface area (Å²) >= 11 is 0. The minimum atomic E-state index is 0.541. The molecule has 0 heterocycles. The molecule has 0 fully saturated rings. The smallest absolute Gasteiger partial charge is 0.293 e. The lowest BCUT2D eigenvalue weighted by Crippen LogP contribution is -1.91. The Morgan fingerprint density at radius 1 is 0.667 bits per heavy atom. The first-order chi connectivity index (χ1) is 10.4. The number of ether oxygens (including phenoxy) is 1. The van der Waals surface area contributed by atoms with Crippen LogP contribution in [0.15, 0.2) is 12.2 Å². The second-order valence-electron chi connectivity index (χ2n) is 5.90. The highest BCUT2D eigenvalue weighted by Crippen LogP contribution is 2.10. The molecule has 0 atom stereocenters. The van der Waals surface area contributed by atoms with Crippen LogP contribution in [0.25, 0.3) is 0 Å². The van der Waals surface area contributed by atoms with Crippen molar-refractivity contribution < 1.29 is 9.53 Å². The van der Waals surface area contributed by atoms with Crippen LogP contribution in [0.1, 0.15) is 96.8 Å². The predicted molar refractivity (Wildman–Crippen MR) is 91.5 cm³/mol. The van der Waals surface area contributed by atoms with Gasteiger partial charge in [-0.15, -0.1) is 0 Å². The van der Waals surface area contributed by atoms with E-state index < -0.39 is 0 Å². The van der Waals surface area contributed by atoms with Crippen molar-refractivity contribution in [1.82, 2.24) is 0 Å². The van der Waals surface area contributed by atoms with Crippen LogP contribution in [0.4, 0.5) is 0 Å². The molecule has 0 aliphatic rings. The molecule has 2 heteroatoms. The van der Waals surface area contributed by atoms with Crippen molar-refractivity contribution in [3.63, 3.8) is 0 Å². The molecule has 0 amide bonds. The molecule has 0 saturated heterocycles. The van der Waals surface area contributed by atoms with Crippen LogP contribution < -0.4 is 0 Å². The van der Waals surface area contributed by atoms with E-state index in [0.29, 0.717) is 13.1 Å². The number of carbonyl (C=O) groups excluding carboxylic acids is 1. The molecule has 0 saturated carbocycles. The van der Waals surface area contributed by atoms with Crippen molar-refractivity contribution in [2.24, 2.45) is 0 Å². The summed E-state index contributed by atoms with van der Waals surface area (Å²) in [6.07, 6.45) is 23.0. The fraction of sp³-hybridized carbons (Fsp3) is 0.842. The highest BCUT2D eigenvalue weighted by molar-refractivity contribution is 5.36. The first-order valence-electron chi connectivity index (χ1n) is 9.12. The number of unbranched alkanes of at least 4 members (excludes halogenated alkanes) is 12. The number of hydrogen-bond donors (Lipinski definition) is 0. The van der Waals surface area contributed by atoms with Crippen LogP contribution >= 0.6 is 0 Å². The molecule has 0 aromatic heterocycles. The molecule has 0 spiro atoms. The van der Waals surface area contributed by atoms with Gasteiger partial charge in [0.2, 0.25) is 0 Å². The van der Waals surface area contributed by atoms with Crippen molar-refractivity contribution in [2.75, 3.05) is 6.61 Å². The lowest BCUT2D eigenvalue weighted by atomic mass is 10.1. The monoisotopic (exact) mass is 296 g/mol. The molecule has 0 aliphatic heterocycles. The lowest BCUT2D eigenvalue weighted by Gasteiger charge is -2.01. The van der Waals surface area contributed by atoms with Crippen LogP contribution in [0.5, 0.6) is 0 Å². The van der Waals surface area contributed by atoms with Gasteiger partial charge in [-0.25, -0.2) is 0 Å². The van der Waals surface area contributed by atoms with E-state index in [9.17, 15) is 4.79 Å². The van der Waals surface area contributed by atoms with E-state index in [1.807, 2.05) is 0 Å². The van der Waals surface area contributed by atoms with Crippen molar-refractivity contribution in [1.29, 1.82) is 0 Å². The molecule has 124 valence electrons. The molecule has 0 N–H and O–H groups in total. The average Bonchev–Trinajstić information content (AvgIpc) is 2.50. The topological polar surface area (TPSA) is 26.3 Å². The van der Waals surface area contributed by atoms with Gasteiger partial charge >= 0.3 is 0 Å². The van der Waals surface area contributed by atoms with E-state index >= 15 is 0 Å². The molecular weight excluding hydrogens is 260 g/mol. The third-order valence-corrected chi connectivity index (χ3v) is 3.84. The van der Waals surface area contributed by atoms with Crippen LogP contribution in [0, 0.1) is 0 Å². The third kappa shape index (κ3) is 19.2. The van der Waals surface area contributed by atoms with Gasteiger partial charge in [0.05, 0.1) is 6.61 Å². The van der Waals surface area contributed by atoms with Gasteiger partial charge in [0.1, 0.15) is 0 Å². The highest BCUT2D eigenvalue weighted by Gasteiger charge is 1.92. The fourth-order valence-electron chi connectivity index (χ4n) is 2.48. The maximum atomic E-state index is 9.94. The molecule has 21 heavy (non-hydrogen) atoms. The normalized spacial score (nSPS) is 11.1. The van der Waals surface area contributed by atoms with Crippen molar-refractivity contribution in [3.05, 3.63) is 12.2 Å². The maximum Gasteiger partial charge on any atom is 0.293 e. The summed E-state index contributed by atoms with van der Waals surface area (Å²) < 4.78 is 4.67. The Balaban J connectivity index is 3.01. The Bertz CT molecular complexity index is 224. The molecule has 2 nitrogen and oxygen atoms in total. The number of allylic oxidation sites excluding steroid dienone is 2. The summed E-state index contributed by atoms with van der Waals surface area (Å²) in [5.74, 6) is 0.